The summed E-state index contributed by atoms with van der Waals surface area (Å²) in [6.07, 6.45) is 3.01. The summed E-state index contributed by atoms with van der Waals surface area (Å²) in [6, 6.07) is 49.0. The van der Waals surface area contributed by atoms with Gasteiger partial charge in [0.1, 0.15) is 12.7 Å². The molecule has 1 aliphatic rings. The fourth-order valence-electron chi connectivity index (χ4n) is 6.52. The maximum Gasteiger partial charge on any atom is 0.162 e. The van der Waals surface area contributed by atoms with Gasteiger partial charge in [-0.25, -0.2) is 24.9 Å². The summed E-state index contributed by atoms with van der Waals surface area (Å²) in [5.41, 5.74) is 13.3. The maximum absolute atomic E-state index is 5.06. The van der Waals surface area contributed by atoms with E-state index in [0.717, 1.165) is 33.6 Å². The molecule has 0 saturated heterocycles. The molecule has 5 nitrogen and oxygen atoms in total. The van der Waals surface area contributed by atoms with Gasteiger partial charge in [-0.1, -0.05) is 133 Å². The van der Waals surface area contributed by atoms with Crippen molar-refractivity contribution in [3.63, 3.8) is 0 Å². The first kappa shape index (κ1) is 26.1. The van der Waals surface area contributed by atoms with Crippen molar-refractivity contribution in [1.82, 2.24) is 24.9 Å². The van der Waals surface area contributed by atoms with Gasteiger partial charge in [0, 0.05) is 22.3 Å². The molecule has 214 valence electrons. The third-order valence-electron chi connectivity index (χ3n) is 8.73. The normalized spacial score (nSPS) is 11.5. The number of fused-ring (bicyclic) bond motifs is 3. The van der Waals surface area contributed by atoms with Crippen LogP contribution in [0.15, 0.2) is 152 Å². The Morgan fingerprint density at radius 2 is 0.870 bits per heavy atom. The Morgan fingerprint density at radius 1 is 0.348 bits per heavy atom. The van der Waals surface area contributed by atoms with Crippen LogP contribution in [0, 0.1) is 0 Å². The lowest BCUT2D eigenvalue weighted by atomic mass is 9.93. The highest BCUT2D eigenvalue weighted by molar-refractivity contribution is 6.18. The number of aromatic nitrogens is 5. The highest BCUT2D eigenvalue weighted by atomic mass is 15.0. The summed E-state index contributed by atoms with van der Waals surface area (Å²) >= 11 is 0. The molecule has 5 heteroatoms. The lowest BCUT2D eigenvalue weighted by molar-refractivity contribution is 1.06. The van der Waals surface area contributed by atoms with Gasteiger partial charge >= 0.3 is 0 Å². The van der Waals surface area contributed by atoms with Crippen molar-refractivity contribution in [3.05, 3.63) is 152 Å². The molecule has 0 aliphatic heterocycles. The summed E-state index contributed by atoms with van der Waals surface area (Å²) in [6.45, 7) is 0. The van der Waals surface area contributed by atoms with Crippen LogP contribution in [0.3, 0.4) is 0 Å². The monoisotopic (exact) mass is 587 g/mol. The molecule has 6 aromatic carbocycles. The molecule has 0 amide bonds. The molecule has 0 unspecified atom stereocenters. The maximum atomic E-state index is 5.06. The van der Waals surface area contributed by atoms with E-state index in [0.29, 0.717) is 11.6 Å². The first-order chi connectivity index (χ1) is 22.8. The van der Waals surface area contributed by atoms with E-state index in [1.54, 1.807) is 0 Å². The van der Waals surface area contributed by atoms with E-state index in [1.165, 1.54) is 56.8 Å². The van der Waals surface area contributed by atoms with Crippen LogP contribution >= 0.6 is 0 Å². The third kappa shape index (κ3) is 4.37. The van der Waals surface area contributed by atoms with E-state index in [4.69, 9.17) is 9.97 Å². The first-order valence-corrected chi connectivity index (χ1v) is 15.2. The van der Waals surface area contributed by atoms with E-state index in [9.17, 15) is 0 Å². The second-order valence-corrected chi connectivity index (χ2v) is 11.4. The Morgan fingerprint density at radius 3 is 1.57 bits per heavy atom. The zero-order chi connectivity index (χ0) is 30.5. The minimum absolute atomic E-state index is 0.631. The van der Waals surface area contributed by atoms with Crippen LogP contribution < -0.4 is 0 Å². The van der Waals surface area contributed by atoms with Crippen molar-refractivity contribution in [2.45, 2.75) is 0 Å². The predicted molar refractivity (Wildman–Crippen MR) is 185 cm³/mol. The van der Waals surface area contributed by atoms with Crippen LogP contribution in [0.2, 0.25) is 0 Å². The Kier molecular flexibility index (Phi) is 6.06. The molecule has 2 aromatic heterocycles. The molecule has 9 rings (SSSR count). The van der Waals surface area contributed by atoms with Crippen molar-refractivity contribution in [1.29, 1.82) is 0 Å². The number of hydrogen-bond acceptors (Lipinski definition) is 5. The Bertz CT molecular complexity index is 2360. The molecule has 46 heavy (non-hydrogen) atoms. The van der Waals surface area contributed by atoms with Crippen molar-refractivity contribution in [3.8, 4) is 78.7 Å². The molecule has 0 atom stereocenters. The Hall–Kier alpha value is -6.33. The molecule has 0 fully saturated rings. The minimum atomic E-state index is 0.631. The third-order valence-corrected chi connectivity index (χ3v) is 8.73. The highest BCUT2D eigenvalue weighted by Gasteiger charge is 2.22. The largest absolute Gasteiger partial charge is 0.228 e. The molecular formula is C41H25N5. The second kappa shape index (κ2) is 10.7. The van der Waals surface area contributed by atoms with Crippen LogP contribution in [0.4, 0.5) is 0 Å². The SMILES string of the molecule is c1ccc(-c2cc(-c3ccc(-c4ccc5c6c(cccc46)-c4ccccc4-5)cc3)nc(-c3ccc(-c4ncncn4)cc3)n2)cc1. The van der Waals surface area contributed by atoms with Crippen LogP contribution in [0.5, 0.6) is 0 Å². The lowest BCUT2D eigenvalue weighted by Crippen LogP contribution is -1.96. The van der Waals surface area contributed by atoms with Gasteiger partial charge in [-0.15, -0.1) is 0 Å². The van der Waals surface area contributed by atoms with Crippen LogP contribution in [0.1, 0.15) is 0 Å². The number of nitrogens with zero attached hydrogens (tertiary/aromatic N) is 5. The molecular weight excluding hydrogens is 562 g/mol. The summed E-state index contributed by atoms with van der Waals surface area (Å²) in [7, 11) is 0. The summed E-state index contributed by atoms with van der Waals surface area (Å²) in [4.78, 5) is 22.5. The fraction of sp³-hybridized carbons (Fsp3) is 0. The van der Waals surface area contributed by atoms with Crippen molar-refractivity contribution >= 4 is 10.8 Å². The van der Waals surface area contributed by atoms with Crippen molar-refractivity contribution < 1.29 is 0 Å². The molecule has 0 saturated carbocycles. The van der Waals surface area contributed by atoms with Crippen molar-refractivity contribution in [2.24, 2.45) is 0 Å². The standard InChI is InChI=1S/C41H25N5/c1-2-7-27(8-3-1)37-23-38(46-41(45-37)30-19-17-29(18-20-30)40-43-24-42-25-44-40)28-15-13-26(14-16-28)31-21-22-36-33-10-5-4-9-32(33)35-12-6-11-34(31)39(35)36/h1-25H. The fourth-order valence-corrected chi connectivity index (χ4v) is 6.52. The van der Waals surface area contributed by atoms with Gasteiger partial charge in [-0.2, -0.15) is 0 Å². The van der Waals surface area contributed by atoms with E-state index in [1.807, 2.05) is 42.5 Å². The minimum Gasteiger partial charge on any atom is -0.228 e. The number of rotatable bonds is 5. The molecule has 0 radical (unpaired) electrons. The van der Waals surface area contributed by atoms with Crippen LogP contribution in [-0.4, -0.2) is 24.9 Å². The van der Waals surface area contributed by atoms with E-state index >= 15 is 0 Å². The molecule has 1 aliphatic carbocycles. The Balaban J connectivity index is 1.11. The second-order valence-electron chi connectivity index (χ2n) is 11.4. The average molecular weight is 588 g/mol. The van der Waals surface area contributed by atoms with Gasteiger partial charge in [0.05, 0.1) is 11.4 Å². The van der Waals surface area contributed by atoms with Crippen LogP contribution in [0.25, 0.3) is 89.4 Å². The zero-order valence-corrected chi connectivity index (χ0v) is 24.7. The van der Waals surface area contributed by atoms with Crippen molar-refractivity contribution in [2.75, 3.05) is 0 Å². The highest BCUT2D eigenvalue weighted by Crippen LogP contribution is 2.49. The van der Waals surface area contributed by atoms with Gasteiger partial charge in [0.25, 0.3) is 0 Å². The molecule has 0 spiro atoms. The summed E-state index contributed by atoms with van der Waals surface area (Å²) in [5, 5.41) is 2.61. The lowest BCUT2D eigenvalue weighted by Gasteiger charge is -2.12. The summed E-state index contributed by atoms with van der Waals surface area (Å²) in [5.74, 6) is 1.29. The smallest absolute Gasteiger partial charge is 0.162 e. The quantitative estimate of drug-likeness (QED) is 0.201. The van der Waals surface area contributed by atoms with Gasteiger partial charge in [-0.3, -0.25) is 0 Å². The van der Waals surface area contributed by atoms with E-state index < -0.39 is 0 Å². The molecule has 0 bridgehead atoms. The zero-order valence-electron chi connectivity index (χ0n) is 24.7. The number of hydrogen-bond donors (Lipinski definition) is 0. The predicted octanol–water partition coefficient (Wildman–Crippen LogP) is 9.80. The topological polar surface area (TPSA) is 64.5 Å². The van der Waals surface area contributed by atoms with Gasteiger partial charge in [0.2, 0.25) is 0 Å². The molecule has 8 aromatic rings. The van der Waals surface area contributed by atoms with Crippen LogP contribution in [-0.2, 0) is 0 Å². The number of benzene rings is 6. The molecule has 0 N–H and O–H groups in total. The van der Waals surface area contributed by atoms with E-state index in [-0.39, 0.29) is 0 Å². The van der Waals surface area contributed by atoms with E-state index in [2.05, 4.69) is 112 Å². The average Bonchev–Trinajstić information content (AvgIpc) is 3.47. The first-order valence-electron chi connectivity index (χ1n) is 15.2. The van der Waals surface area contributed by atoms with Gasteiger partial charge in [0.15, 0.2) is 11.6 Å². The summed E-state index contributed by atoms with van der Waals surface area (Å²) < 4.78 is 0. The van der Waals surface area contributed by atoms with Gasteiger partial charge in [-0.05, 0) is 50.2 Å². The Labute approximate surface area is 266 Å². The molecule has 2 heterocycles. The van der Waals surface area contributed by atoms with Gasteiger partial charge < -0.3 is 0 Å².